The van der Waals surface area contributed by atoms with Crippen LogP contribution in [0.15, 0.2) is 0 Å². The van der Waals surface area contributed by atoms with Crippen LogP contribution in [0.4, 0.5) is 4.79 Å². The number of carboxylic acids is 1. The highest BCUT2D eigenvalue weighted by molar-refractivity contribution is 5.80. The fourth-order valence-corrected chi connectivity index (χ4v) is 3.88. The standard InChI is InChI=1S/C14H22N2O4/c1-8-14(2,5-6-20-8)15-13(19)16-9-3-4-11(16)10(7-9)12(17)18/h8-11H,3-7H2,1-2H3,(H,15,19)(H,17,18). The lowest BCUT2D eigenvalue weighted by Crippen LogP contribution is -2.56. The van der Waals surface area contributed by atoms with Gasteiger partial charge < -0.3 is 20.1 Å². The number of rotatable bonds is 2. The molecule has 6 nitrogen and oxygen atoms in total. The van der Waals surface area contributed by atoms with E-state index in [4.69, 9.17) is 4.74 Å². The van der Waals surface area contributed by atoms with Gasteiger partial charge in [0.1, 0.15) is 0 Å². The van der Waals surface area contributed by atoms with Crippen LogP contribution in [-0.4, -0.2) is 52.3 Å². The van der Waals surface area contributed by atoms with Gasteiger partial charge in [-0.25, -0.2) is 4.79 Å². The molecule has 2 amide bonds. The first kappa shape index (κ1) is 13.7. The molecule has 3 aliphatic heterocycles. The first-order valence-electron chi connectivity index (χ1n) is 7.37. The molecule has 0 aromatic carbocycles. The SMILES string of the molecule is CC1OCCC1(C)NC(=O)N1C2CCC1C(C(=O)O)C2. The zero-order chi connectivity index (χ0) is 14.5. The molecule has 20 heavy (non-hydrogen) atoms. The van der Waals surface area contributed by atoms with Gasteiger partial charge in [0, 0.05) is 18.7 Å². The van der Waals surface area contributed by atoms with E-state index in [9.17, 15) is 14.7 Å². The van der Waals surface area contributed by atoms with Crippen LogP contribution in [-0.2, 0) is 9.53 Å². The van der Waals surface area contributed by atoms with Crippen molar-refractivity contribution in [2.75, 3.05) is 6.61 Å². The lowest BCUT2D eigenvalue weighted by molar-refractivity contribution is -0.142. The Balaban J connectivity index is 1.71. The number of carbonyl (C=O) groups excluding carboxylic acids is 1. The van der Waals surface area contributed by atoms with E-state index in [1.54, 1.807) is 4.90 Å². The van der Waals surface area contributed by atoms with Gasteiger partial charge in [-0.15, -0.1) is 0 Å². The number of ether oxygens (including phenoxy) is 1. The molecule has 5 unspecified atom stereocenters. The van der Waals surface area contributed by atoms with Crippen LogP contribution < -0.4 is 5.32 Å². The second-order valence-corrected chi connectivity index (χ2v) is 6.50. The van der Waals surface area contributed by atoms with E-state index in [2.05, 4.69) is 5.32 Å². The molecule has 2 N–H and O–H groups in total. The topological polar surface area (TPSA) is 78.9 Å². The molecule has 0 radical (unpaired) electrons. The lowest BCUT2D eigenvalue weighted by Gasteiger charge is -2.33. The van der Waals surface area contributed by atoms with Crippen LogP contribution >= 0.6 is 0 Å². The lowest BCUT2D eigenvalue weighted by atomic mass is 9.89. The monoisotopic (exact) mass is 282 g/mol. The second-order valence-electron chi connectivity index (χ2n) is 6.50. The van der Waals surface area contributed by atoms with Gasteiger partial charge in [-0.1, -0.05) is 0 Å². The quantitative estimate of drug-likeness (QED) is 0.797. The highest BCUT2D eigenvalue weighted by atomic mass is 16.5. The number of hydrogen-bond donors (Lipinski definition) is 2. The third-order valence-corrected chi connectivity index (χ3v) is 5.37. The van der Waals surface area contributed by atoms with Crippen LogP contribution in [0.3, 0.4) is 0 Å². The maximum Gasteiger partial charge on any atom is 0.318 e. The Morgan fingerprint density at radius 1 is 1.40 bits per heavy atom. The average Bonchev–Trinajstić information content (AvgIpc) is 3.03. The number of carbonyl (C=O) groups is 2. The predicted octanol–water partition coefficient (Wildman–Crippen LogP) is 1.20. The summed E-state index contributed by atoms with van der Waals surface area (Å²) in [6.45, 7) is 4.61. The van der Waals surface area contributed by atoms with E-state index >= 15 is 0 Å². The minimum absolute atomic E-state index is 0.0121. The van der Waals surface area contributed by atoms with E-state index in [1.165, 1.54) is 0 Å². The van der Waals surface area contributed by atoms with Gasteiger partial charge in [0.25, 0.3) is 0 Å². The molecular formula is C14H22N2O4. The van der Waals surface area contributed by atoms with Crippen LogP contribution in [0, 0.1) is 5.92 Å². The molecule has 5 atom stereocenters. The summed E-state index contributed by atoms with van der Waals surface area (Å²) in [6, 6.07) is -0.179. The highest BCUT2D eigenvalue weighted by Crippen LogP contribution is 2.42. The van der Waals surface area contributed by atoms with Crippen molar-refractivity contribution >= 4 is 12.0 Å². The number of aliphatic carboxylic acids is 1. The third-order valence-electron chi connectivity index (χ3n) is 5.37. The largest absolute Gasteiger partial charge is 0.481 e. The summed E-state index contributed by atoms with van der Waals surface area (Å²) in [5, 5.41) is 12.3. The Labute approximate surface area is 118 Å². The number of nitrogens with one attached hydrogen (secondary N) is 1. The Hall–Kier alpha value is -1.30. The van der Waals surface area contributed by atoms with Crippen molar-refractivity contribution < 1.29 is 19.4 Å². The van der Waals surface area contributed by atoms with Crippen molar-refractivity contribution in [2.45, 2.75) is 63.3 Å². The predicted molar refractivity (Wildman–Crippen MR) is 71.4 cm³/mol. The molecule has 0 aromatic heterocycles. The summed E-state index contributed by atoms with van der Waals surface area (Å²) in [5.41, 5.74) is -0.349. The van der Waals surface area contributed by atoms with Crippen molar-refractivity contribution in [2.24, 2.45) is 5.92 Å². The minimum atomic E-state index is -0.779. The van der Waals surface area contributed by atoms with Gasteiger partial charge in [0.15, 0.2) is 0 Å². The van der Waals surface area contributed by atoms with Crippen LogP contribution in [0.25, 0.3) is 0 Å². The summed E-state index contributed by atoms with van der Waals surface area (Å²) < 4.78 is 5.53. The molecule has 112 valence electrons. The van der Waals surface area contributed by atoms with E-state index in [0.717, 1.165) is 19.3 Å². The summed E-state index contributed by atoms with van der Waals surface area (Å²) in [4.78, 5) is 25.6. The molecular weight excluding hydrogens is 260 g/mol. The zero-order valence-electron chi connectivity index (χ0n) is 12.0. The molecule has 3 heterocycles. The van der Waals surface area contributed by atoms with E-state index < -0.39 is 11.9 Å². The maximum atomic E-state index is 12.5. The van der Waals surface area contributed by atoms with Gasteiger partial charge in [0.05, 0.1) is 17.6 Å². The summed E-state index contributed by atoms with van der Waals surface area (Å²) in [7, 11) is 0. The number of carboxylic acid groups (broad SMARTS) is 1. The average molecular weight is 282 g/mol. The second kappa shape index (κ2) is 4.62. The van der Waals surface area contributed by atoms with Crippen LogP contribution in [0.2, 0.25) is 0 Å². The first-order chi connectivity index (χ1) is 9.42. The molecule has 0 spiro atoms. The fraction of sp³-hybridized carbons (Fsp3) is 0.857. The van der Waals surface area contributed by atoms with Gasteiger partial charge in [0.2, 0.25) is 0 Å². The number of hydrogen-bond acceptors (Lipinski definition) is 3. The van der Waals surface area contributed by atoms with Crippen molar-refractivity contribution in [1.82, 2.24) is 10.2 Å². The molecule has 2 bridgehead atoms. The van der Waals surface area contributed by atoms with Crippen molar-refractivity contribution in [1.29, 1.82) is 0 Å². The summed E-state index contributed by atoms with van der Waals surface area (Å²) in [6.07, 6.45) is 3.10. The Bertz CT molecular complexity index is 441. The smallest absolute Gasteiger partial charge is 0.318 e. The van der Waals surface area contributed by atoms with Gasteiger partial charge in [-0.2, -0.15) is 0 Å². The van der Waals surface area contributed by atoms with E-state index in [-0.39, 0.29) is 29.8 Å². The molecule has 3 saturated heterocycles. The number of amides is 2. The summed E-state index contributed by atoms with van der Waals surface area (Å²) in [5.74, 6) is -1.18. The number of fused-ring (bicyclic) bond motifs is 2. The van der Waals surface area contributed by atoms with Gasteiger partial charge in [-0.3, -0.25) is 4.79 Å². The van der Waals surface area contributed by atoms with Crippen LogP contribution in [0.5, 0.6) is 0 Å². The number of urea groups is 1. The summed E-state index contributed by atoms with van der Waals surface area (Å²) >= 11 is 0. The van der Waals surface area contributed by atoms with Gasteiger partial charge >= 0.3 is 12.0 Å². The van der Waals surface area contributed by atoms with Crippen molar-refractivity contribution in [3.63, 3.8) is 0 Å². The van der Waals surface area contributed by atoms with Crippen LogP contribution in [0.1, 0.15) is 39.5 Å². The first-order valence-corrected chi connectivity index (χ1v) is 7.37. The molecule has 3 fully saturated rings. The van der Waals surface area contributed by atoms with E-state index in [0.29, 0.717) is 13.0 Å². The molecule has 6 heteroatoms. The normalized spacial score (nSPS) is 43.0. The van der Waals surface area contributed by atoms with Gasteiger partial charge in [-0.05, 0) is 39.5 Å². The molecule has 3 aliphatic rings. The highest BCUT2D eigenvalue weighted by Gasteiger charge is 2.52. The molecule has 3 rings (SSSR count). The van der Waals surface area contributed by atoms with E-state index in [1.807, 2.05) is 13.8 Å². The third kappa shape index (κ3) is 1.97. The minimum Gasteiger partial charge on any atom is -0.481 e. The molecule has 0 saturated carbocycles. The van der Waals surface area contributed by atoms with Crippen molar-refractivity contribution in [3.05, 3.63) is 0 Å². The fourth-order valence-electron chi connectivity index (χ4n) is 3.88. The molecule has 0 aromatic rings. The Morgan fingerprint density at radius 2 is 2.15 bits per heavy atom. The Kier molecular flexibility index (Phi) is 3.16. The van der Waals surface area contributed by atoms with Crippen molar-refractivity contribution in [3.8, 4) is 0 Å². The maximum absolute atomic E-state index is 12.5. The number of nitrogens with zero attached hydrogens (tertiary/aromatic N) is 1. The Morgan fingerprint density at radius 3 is 2.70 bits per heavy atom. The zero-order valence-corrected chi connectivity index (χ0v) is 12.0. The molecule has 0 aliphatic carbocycles.